The smallest absolute Gasteiger partial charge is 0.153 e. The fourth-order valence-electron chi connectivity index (χ4n) is 2.32. The zero-order valence-electron chi connectivity index (χ0n) is 14.7. The molecular weight excluding hydrogens is 337 g/mol. The van der Waals surface area contributed by atoms with Crippen LogP contribution in [-0.2, 0) is 11.5 Å². The third-order valence-electron chi connectivity index (χ3n) is 3.77. The van der Waals surface area contributed by atoms with Crippen LogP contribution in [0.15, 0.2) is 36.8 Å². The topological polar surface area (TPSA) is 64.9 Å². The van der Waals surface area contributed by atoms with Gasteiger partial charge in [0.2, 0.25) is 0 Å². The predicted octanol–water partition coefficient (Wildman–Crippen LogP) is 4.02. The van der Waals surface area contributed by atoms with Gasteiger partial charge in [-0.1, -0.05) is 19.6 Å². The third-order valence-corrected chi connectivity index (χ3v) is 5.48. The summed E-state index contributed by atoms with van der Waals surface area (Å²) in [5.74, 6) is 0.0984. The summed E-state index contributed by atoms with van der Waals surface area (Å²) in [4.78, 5) is 4.25. The van der Waals surface area contributed by atoms with Crippen LogP contribution in [0.5, 0.6) is 0 Å². The summed E-state index contributed by atoms with van der Waals surface area (Å²) in [7, 11) is -1.11. The highest BCUT2D eigenvalue weighted by molar-refractivity contribution is 6.76. The second kappa shape index (κ2) is 7.28. The van der Waals surface area contributed by atoms with Crippen molar-refractivity contribution in [1.29, 1.82) is 0 Å². The van der Waals surface area contributed by atoms with Crippen LogP contribution < -0.4 is 5.32 Å². The van der Waals surface area contributed by atoms with E-state index in [9.17, 15) is 4.39 Å². The fourth-order valence-corrected chi connectivity index (χ4v) is 3.08. The van der Waals surface area contributed by atoms with Gasteiger partial charge < -0.3 is 14.6 Å². The van der Waals surface area contributed by atoms with Gasteiger partial charge in [-0.3, -0.25) is 0 Å². The van der Waals surface area contributed by atoms with Crippen LogP contribution in [-0.4, -0.2) is 34.4 Å². The van der Waals surface area contributed by atoms with Gasteiger partial charge in [0.25, 0.3) is 0 Å². The van der Waals surface area contributed by atoms with E-state index in [0.29, 0.717) is 23.8 Å². The molecule has 0 unspecified atom stereocenters. The zero-order valence-corrected chi connectivity index (χ0v) is 15.7. The fraction of sp³-hybridized carbons (Fsp3) is 0.353. The monoisotopic (exact) mass is 359 g/mol. The number of fused-ring (bicyclic) bond motifs is 1. The quantitative estimate of drug-likeness (QED) is 0.510. The summed E-state index contributed by atoms with van der Waals surface area (Å²) in [5.41, 5.74) is 1.73. The highest BCUT2D eigenvalue weighted by Crippen LogP contribution is 2.24. The molecule has 3 rings (SSSR count). The van der Waals surface area contributed by atoms with E-state index in [-0.39, 0.29) is 5.82 Å². The third kappa shape index (κ3) is 4.61. The first kappa shape index (κ1) is 17.5. The Labute approximate surface area is 147 Å². The number of anilines is 2. The van der Waals surface area contributed by atoms with Crippen molar-refractivity contribution >= 4 is 30.6 Å². The lowest BCUT2D eigenvalue weighted by atomic mass is 10.2. The van der Waals surface area contributed by atoms with Gasteiger partial charge in [-0.2, -0.15) is 5.10 Å². The van der Waals surface area contributed by atoms with Crippen molar-refractivity contribution in [3.63, 3.8) is 0 Å². The molecule has 3 aromatic rings. The molecule has 2 aromatic heterocycles. The average molecular weight is 359 g/mol. The number of nitrogens with one attached hydrogen (secondary N) is 1. The van der Waals surface area contributed by atoms with Crippen molar-refractivity contribution in [2.45, 2.75) is 32.4 Å². The molecule has 0 aliphatic rings. The van der Waals surface area contributed by atoms with Crippen LogP contribution in [0.2, 0.25) is 25.7 Å². The van der Waals surface area contributed by atoms with Gasteiger partial charge in [-0.25, -0.2) is 9.37 Å². The van der Waals surface area contributed by atoms with E-state index in [0.717, 1.165) is 18.2 Å². The van der Waals surface area contributed by atoms with Gasteiger partial charge in [0.1, 0.15) is 12.5 Å². The molecule has 0 aliphatic heterocycles. The number of halogens is 1. The Balaban J connectivity index is 1.76. The molecule has 0 fully saturated rings. The maximum absolute atomic E-state index is 14.3. The lowest BCUT2D eigenvalue weighted by Gasteiger charge is -2.15. The maximum Gasteiger partial charge on any atom is 0.153 e. The lowest BCUT2D eigenvalue weighted by Crippen LogP contribution is -2.21. The number of rotatable bonds is 7. The van der Waals surface area contributed by atoms with Crippen molar-refractivity contribution < 1.29 is 9.13 Å². The largest absolute Gasteiger partial charge is 0.361 e. The number of aromatic nitrogens is 4. The van der Waals surface area contributed by atoms with E-state index in [1.807, 2.05) is 4.57 Å². The Hall–Kier alpha value is -2.32. The van der Waals surface area contributed by atoms with Gasteiger partial charge in [-0.15, -0.1) is 5.10 Å². The molecule has 132 valence electrons. The average Bonchev–Trinajstić information content (AvgIpc) is 2.94. The molecule has 2 heterocycles. The Kier molecular flexibility index (Phi) is 5.10. The Morgan fingerprint density at radius 3 is 2.84 bits per heavy atom. The first-order valence-electron chi connectivity index (χ1n) is 8.19. The molecule has 8 heteroatoms. The van der Waals surface area contributed by atoms with Crippen molar-refractivity contribution in [3.8, 4) is 0 Å². The minimum atomic E-state index is -1.11. The summed E-state index contributed by atoms with van der Waals surface area (Å²) >= 11 is 0. The highest BCUT2D eigenvalue weighted by atomic mass is 28.3. The summed E-state index contributed by atoms with van der Waals surface area (Å²) in [6.45, 7) is 8.07. The summed E-state index contributed by atoms with van der Waals surface area (Å²) in [6, 6.07) is 7.70. The molecule has 0 aliphatic carbocycles. The number of hydrogen-bond acceptors (Lipinski definition) is 5. The summed E-state index contributed by atoms with van der Waals surface area (Å²) in [6.07, 6.45) is 3.24. The molecule has 0 bridgehead atoms. The van der Waals surface area contributed by atoms with Gasteiger partial charge in [0.05, 0.1) is 23.0 Å². The Morgan fingerprint density at radius 1 is 1.28 bits per heavy atom. The zero-order chi connectivity index (χ0) is 17.9. The number of nitrogens with zero attached hydrogens (tertiary/aromatic N) is 4. The van der Waals surface area contributed by atoms with E-state index >= 15 is 0 Å². The standard InChI is InChI=1S/C17H22FN5OSi/c1-25(2,3)8-7-24-12-23-11-19-15-9-13(18)14(10-16(15)23)21-17-5-4-6-20-22-17/h4-6,9-11H,7-8,12H2,1-3H3,(H,21,22). The van der Waals surface area contributed by atoms with Crippen LogP contribution in [0.1, 0.15) is 0 Å². The van der Waals surface area contributed by atoms with Crippen LogP contribution in [0.3, 0.4) is 0 Å². The summed E-state index contributed by atoms with van der Waals surface area (Å²) < 4.78 is 21.9. The predicted molar refractivity (Wildman–Crippen MR) is 99.1 cm³/mol. The van der Waals surface area contributed by atoms with Gasteiger partial charge in [-0.05, 0) is 24.2 Å². The highest BCUT2D eigenvalue weighted by Gasteiger charge is 2.13. The van der Waals surface area contributed by atoms with Crippen LogP contribution in [0.4, 0.5) is 15.9 Å². The number of ether oxygens (including phenoxy) is 1. The molecule has 0 saturated heterocycles. The number of hydrogen-bond donors (Lipinski definition) is 1. The molecule has 25 heavy (non-hydrogen) atoms. The normalized spacial score (nSPS) is 11.8. The number of imidazole rings is 1. The van der Waals surface area contributed by atoms with E-state index in [1.165, 1.54) is 6.07 Å². The molecule has 0 saturated carbocycles. The summed E-state index contributed by atoms with van der Waals surface area (Å²) in [5, 5.41) is 10.6. The first-order chi connectivity index (χ1) is 11.9. The lowest BCUT2D eigenvalue weighted by molar-refractivity contribution is 0.0898. The van der Waals surface area contributed by atoms with Crippen LogP contribution in [0, 0.1) is 5.82 Å². The van der Waals surface area contributed by atoms with Crippen molar-refractivity contribution in [2.75, 3.05) is 11.9 Å². The molecule has 0 radical (unpaired) electrons. The molecule has 1 N–H and O–H groups in total. The molecule has 0 amide bonds. The molecule has 0 spiro atoms. The van der Waals surface area contributed by atoms with E-state index in [2.05, 4.69) is 40.1 Å². The van der Waals surface area contributed by atoms with Gasteiger partial charge >= 0.3 is 0 Å². The molecule has 1 aromatic carbocycles. The maximum atomic E-state index is 14.3. The van der Waals surface area contributed by atoms with Crippen molar-refractivity contribution in [3.05, 3.63) is 42.6 Å². The minimum Gasteiger partial charge on any atom is -0.361 e. The van der Waals surface area contributed by atoms with Crippen molar-refractivity contribution in [2.24, 2.45) is 0 Å². The molecular formula is C17H22FN5OSi. The van der Waals surface area contributed by atoms with E-state index < -0.39 is 8.07 Å². The second-order valence-corrected chi connectivity index (χ2v) is 12.7. The SMILES string of the molecule is C[Si](C)(C)CCOCn1cnc2cc(F)c(Nc3cccnn3)cc21. The number of benzene rings is 1. The minimum absolute atomic E-state index is 0.330. The van der Waals surface area contributed by atoms with Gasteiger partial charge in [0, 0.05) is 26.9 Å². The van der Waals surface area contributed by atoms with Crippen LogP contribution >= 0.6 is 0 Å². The molecule has 0 atom stereocenters. The molecule has 6 nitrogen and oxygen atoms in total. The van der Waals surface area contributed by atoms with Gasteiger partial charge in [0.15, 0.2) is 5.82 Å². The van der Waals surface area contributed by atoms with E-state index in [4.69, 9.17) is 4.74 Å². The van der Waals surface area contributed by atoms with E-state index in [1.54, 1.807) is 30.7 Å². The Morgan fingerprint density at radius 2 is 2.12 bits per heavy atom. The second-order valence-electron chi connectivity index (χ2n) is 7.12. The van der Waals surface area contributed by atoms with Crippen molar-refractivity contribution in [1.82, 2.24) is 19.7 Å². The first-order valence-corrected chi connectivity index (χ1v) is 11.9. The van der Waals surface area contributed by atoms with Crippen LogP contribution in [0.25, 0.3) is 11.0 Å². The Bertz CT molecular complexity index is 847.